The van der Waals surface area contributed by atoms with Crippen LogP contribution in [0.2, 0.25) is 10.0 Å². The number of carbonyl (C=O) groups is 1. The Morgan fingerprint density at radius 3 is 1.94 bits per heavy atom. The van der Waals surface area contributed by atoms with E-state index in [0.717, 1.165) is 42.6 Å². The highest BCUT2D eigenvalue weighted by Gasteiger charge is 2.33. The van der Waals surface area contributed by atoms with Gasteiger partial charge in [-0.2, -0.15) is 0 Å². The van der Waals surface area contributed by atoms with E-state index in [4.69, 9.17) is 23.2 Å². The van der Waals surface area contributed by atoms with E-state index in [1.165, 1.54) is 0 Å². The van der Waals surface area contributed by atoms with Gasteiger partial charge in [0.2, 0.25) is 5.91 Å². The molecule has 4 nitrogen and oxygen atoms in total. The van der Waals surface area contributed by atoms with Gasteiger partial charge in [0.1, 0.15) is 5.75 Å². The van der Waals surface area contributed by atoms with E-state index in [2.05, 4.69) is 4.90 Å². The average Bonchev–Trinajstić information content (AvgIpc) is 3.33. The van der Waals surface area contributed by atoms with Gasteiger partial charge in [-0.25, -0.2) is 0 Å². The van der Waals surface area contributed by atoms with Gasteiger partial charge in [0.05, 0.1) is 12.0 Å². The number of hydrogen-bond donors (Lipinski definition) is 1. The van der Waals surface area contributed by atoms with Crippen molar-refractivity contribution in [2.75, 3.05) is 26.7 Å². The molecular formula is C27H28Cl2N2O2. The molecule has 0 saturated carbocycles. The van der Waals surface area contributed by atoms with Crippen LogP contribution in [0.3, 0.4) is 0 Å². The quantitative estimate of drug-likeness (QED) is 0.440. The van der Waals surface area contributed by atoms with Gasteiger partial charge in [-0.15, -0.1) is 0 Å². The molecule has 1 heterocycles. The highest BCUT2D eigenvalue weighted by atomic mass is 35.5. The summed E-state index contributed by atoms with van der Waals surface area (Å²) in [6.07, 6.45) is 2.31. The molecule has 172 valence electrons. The predicted molar refractivity (Wildman–Crippen MR) is 134 cm³/mol. The van der Waals surface area contributed by atoms with Gasteiger partial charge in [0.15, 0.2) is 0 Å². The molecule has 33 heavy (non-hydrogen) atoms. The lowest BCUT2D eigenvalue weighted by Crippen LogP contribution is -2.41. The first-order chi connectivity index (χ1) is 15.9. The minimum Gasteiger partial charge on any atom is -0.508 e. The van der Waals surface area contributed by atoms with E-state index in [1.54, 1.807) is 41.3 Å². The summed E-state index contributed by atoms with van der Waals surface area (Å²) in [4.78, 5) is 18.2. The van der Waals surface area contributed by atoms with Crippen molar-refractivity contribution < 1.29 is 9.90 Å². The molecule has 0 radical (unpaired) electrons. The summed E-state index contributed by atoms with van der Waals surface area (Å²) in [5.41, 5.74) is 2.47. The van der Waals surface area contributed by atoms with Crippen molar-refractivity contribution in [2.45, 2.75) is 24.8 Å². The molecule has 1 N–H and O–H groups in total. The van der Waals surface area contributed by atoms with E-state index >= 15 is 0 Å². The van der Waals surface area contributed by atoms with Gasteiger partial charge in [0.25, 0.3) is 0 Å². The Morgan fingerprint density at radius 2 is 1.42 bits per heavy atom. The lowest BCUT2D eigenvalue weighted by Gasteiger charge is -2.35. The van der Waals surface area contributed by atoms with Crippen molar-refractivity contribution in [1.82, 2.24) is 9.80 Å². The van der Waals surface area contributed by atoms with Crippen LogP contribution < -0.4 is 0 Å². The number of phenolic OH excluding ortho intramolecular Hbond substituents is 1. The fourth-order valence-electron chi connectivity index (χ4n) is 4.55. The lowest BCUT2D eigenvalue weighted by atomic mass is 9.89. The van der Waals surface area contributed by atoms with Crippen molar-refractivity contribution in [3.8, 4) is 5.75 Å². The highest BCUT2D eigenvalue weighted by molar-refractivity contribution is 6.30. The van der Waals surface area contributed by atoms with Crippen LogP contribution in [-0.2, 0) is 4.79 Å². The number of likely N-dealkylation sites (tertiary alicyclic amines) is 1. The van der Waals surface area contributed by atoms with E-state index in [-0.39, 0.29) is 17.7 Å². The number of para-hydroxylation sites is 1. The summed E-state index contributed by atoms with van der Waals surface area (Å²) in [5.74, 6) is -0.362. The second-order valence-corrected chi connectivity index (χ2v) is 9.44. The second-order valence-electron chi connectivity index (χ2n) is 8.57. The van der Waals surface area contributed by atoms with Crippen LogP contribution in [0.5, 0.6) is 5.75 Å². The van der Waals surface area contributed by atoms with Crippen molar-refractivity contribution in [3.05, 3.63) is 99.5 Å². The summed E-state index contributed by atoms with van der Waals surface area (Å²) < 4.78 is 0. The Hall–Kier alpha value is -2.53. The van der Waals surface area contributed by atoms with Gasteiger partial charge in [-0.05, 0) is 67.4 Å². The Labute approximate surface area is 205 Å². The molecule has 1 saturated heterocycles. The maximum Gasteiger partial charge on any atom is 0.234 e. The molecule has 0 bridgehead atoms. The van der Waals surface area contributed by atoms with Crippen LogP contribution >= 0.6 is 23.2 Å². The standard InChI is InChI=1S/C27H28Cl2N2O2/c1-30(24(18-31-16-4-5-17-31)23-6-2-3-7-25(23)32)27(33)26(19-8-12-21(28)13-9-19)20-10-14-22(29)15-11-20/h2-3,6-15,24,26,32H,4-5,16-18H2,1H3/t24-/m1/s1. The van der Waals surface area contributed by atoms with Crippen LogP contribution in [0, 0.1) is 0 Å². The predicted octanol–water partition coefficient (Wildman–Crippen LogP) is 6.13. The van der Waals surface area contributed by atoms with Gasteiger partial charge >= 0.3 is 0 Å². The Balaban J connectivity index is 1.72. The normalized spacial score (nSPS) is 15.0. The third kappa shape index (κ3) is 5.52. The lowest BCUT2D eigenvalue weighted by molar-refractivity contribution is -0.133. The number of aromatic hydroxyl groups is 1. The summed E-state index contributed by atoms with van der Waals surface area (Å²) in [5, 5.41) is 11.9. The molecule has 0 aromatic heterocycles. The number of amides is 1. The fraction of sp³-hybridized carbons (Fsp3) is 0.296. The minimum absolute atomic E-state index is 0.0490. The molecule has 1 atom stereocenters. The third-order valence-electron chi connectivity index (χ3n) is 6.39. The van der Waals surface area contributed by atoms with Crippen LogP contribution in [-0.4, -0.2) is 47.5 Å². The summed E-state index contributed by atoms with van der Waals surface area (Å²) in [6, 6.07) is 21.8. The molecule has 1 aliphatic rings. The SMILES string of the molecule is CN(C(=O)C(c1ccc(Cl)cc1)c1ccc(Cl)cc1)[C@H](CN1CCCC1)c1ccccc1O. The Bertz CT molecular complexity index is 1030. The van der Waals surface area contributed by atoms with Crippen molar-refractivity contribution in [3.63, 3.8) is 0 Å². The first kappa shape index (κ1) is 23.6. The molecule has 3 aromatic carbocycles. The number of hydrogen-bond acceptors (Lipinski definition) is 3. The van der Waals surface area contributed by atoms with Gasteiger partial charge in [-0.1, -0.05) is 65.7 Å². The van der Waals surface area contributed by atoms with Crippen molar-refractivity contribution in [1.29, 1.82) is 0 Å². The minimum atomic E-state index is -0.517. The topological polar surface area (TPSA) is 43.8 Å². The second kappa shape index (κ2) is 10.6. The van der Waals surface area contributed by atoms with Crippen LogP contribution in [0.4, 0.5) is 0 Å². The first-order valence-corrected chi connectivity index (χ1v) is 12.0. The van der Waals surface area contributed by atoms with E-state index in [9.17, 15) is 9.90 Å². The maximum atomic E-state index is 14.1. The molecule has 1 fully saturated rings. The molecule has 0 unspecified atom stereocenters. The van der Waals surface area contributed by atoms with E-state index in [0.29, 0.717) is 16.6 Å². The van der Waals surface area contributed by atoms with E-state index in [1.807, 2.05) is 43.4 Å². The molecule has 1 aliphatic heterocycles. The Morgan fingerprint density at radius 1 is 0.909 bits per heavy atom. The number of likely N-dealkylation sites (N-methyl/N-ethyl adjacent to an activating group) is 1. The molecule has 0 aliphatic carbocycles. The summed E-state index contributed by atoms with van der Waals surface area (Å²) in [6.45, 7) is 2.68. The van der Waals surface area contributed by atoms with Gasteiger partial charge < -0.3 is 14.9 Å². The number of halogens is 2. The first-order valence-electron chi connectivity index (χ1n) is 11.2. The van der Waals surface area contributed by atoms with E-state index < -0.39 is 5.92 Å². The van der Waals surface area contributed by atoms with Crippen LogP contribution in [0.15, 0.2) is 72.8 Å². The maximum absolute atomic E-state index is 14.1. The van der Waals surface area contributed by atoms with Gasteiger partial charge in [0, 0.05) is 29.2 Å². The summed E-state index contributed by atoms with van der Waals surface area (Å²) >= 11 is 12.2. The fourth-order valence-corrected chi connectivity index (χ4v) is 4.81. The van der Waals surface area contributed by atoms with Crippen LogP contribution in [0.1, 0.15) is 41.5 Å². The zero-order valence-corrected chi connectivity index (χ0v) is 20.1. The molecule has 6 heteroatoms. The third-order valence-corrected chi connectivity index (χ3v) is 6.90. The Kier molecular flexibility index (Phi) is 7.59. The zero-order chi connectivity index (χ0) is 23.4. The monoisotopic (exact) mass is 482 g/mol. The smallest absolute Gasteiger partial charge is 0.234 e. The number of nitrogens with zero attached hydrogens (tertiary/aromatic N) is 2. The molecule has 4 rings (SSSR count). The summed E-state index contributed by atoms with van der Waals surface area (Å²) in [7, 11) is 1.83. The number of benzene rings is 3. The number of rotatable bonds is 7. The number of carbonyl (C=O) groups excluding carboxylic acids is 1. The zero-order valence-electron chi connectivity index (χ0n) is 18.6. The molecule has 0 spiro atoms. The van der Waals surface area contributed by atoms with Crippen molar-refractivity contribution >= 4 is 29.1 Å². The number of phenols is 1. The van der Waals surface area contributed by atoms with Gasteiger partial charge in [-0.3, -0.25) is 4.79 Å². The largest absolute Gasteiger partial charge is 0.508 e. The molecular weight excluding hydrogens is 455 g/mol. The van der Waals surface area contributed by atoms with Crippen LogP contribution in [0.25, 0.3) is 0 Å². The average molecular weight is 483 g/mol. The highest BCUT2D eigenvalue weighted by Crippen LogP contribution is 2.34. The molecule has 1 amide bonds. The molecule has 3 aromatic rings. The van der Waals surface area contributed by atoms with Crippen molar-refractivity contribution in [2.24, 2.45) is 0 Å².